The Hall–Kier alpha value is -1.81. The predicted molar refractivity (Wildman–Crippen MR) is 108 cm³/mol. The minimum atomic E-state index is -0.319. The molecule has 2 aliphatic heterocycles. The fourth-order valence-electron chi connectivity index (χ4n) is 6.87. The van der Waals surface area contributed by atoms with Crippen LogP contribution in [0, 0.1) is 11.8 Å². The molecule has 2 bridgehead atoms. The van der Waals surface area contributed by atoms with Crippen LogP contribution in [0.15, 0.2) is 12.6 Å². The molecule has 28 heavy (non-hydrogen) atoms. The maximum absolute atomic E-state index is 13.0. The zero-order valence-electron chi connectivity index (χ0n) is 16.9. The van der Waals surface area contributed by atoms with E-state index < -0.39 is 0 Å². The van der Waals surface area contributed by atoms with E-state index >= 15 is 0 Å². The Bertz CT molecular complexity index is 902. The smallest absolute Gasteiger partial charge is 0.174 e. The summed E-state index contributed by atoms with van der Waals surface area (Å²) in [7, 11) is 1.70. The molecule has 3 aliphatic carbocycles. The molecule has 4 heteroatoms. The van der Waals surface area contributed by atoms with Crippen LogP contribution in [-0.2, 0) is 16.6 Å². The molecule has 1 spiro atoms. The van der Waals surface area contributed by atoms with Gasteiger partial charge in [-0.05, 0) is 74.6 Å². The SMILES string of the molecule is C=C(C)c1cc(OC)c2c3c1C[C@H]1[C@H]4CCC(=O)[C@@H](O2)[C@@]34CCN1CC1CC1. The minimum absolute atomic E-state index is 0.151. The van der Waals surface area contributed by atoms with Gasteiger partial charge in [-0.1, -0.05) is 12.2 Å². The van der Waals surface area contributed by atoms with E-state index in [-0.39, 0.29) is 17.3 Å². The first-order valence-electron chi connectivity index (χ1n) is 10.9. The molecule has 0 amide bonds. The summed E-state index contributed by atoms with van der Waals surface area (Å²) in [6, 6.07) is 2.62. The summed E-state index contributed by atoms with van der Waals surface area (Å²) in [6.07, 6.45) is 6.20. The summed E-state index contributed by atoms with van der Waals surface area (Å²) < 4.78 is 12.2. The molecule has 0 aromatic heterocycles. The lowest BCUT2D eigenvalue weighted by molar-refractivity contribution is -0.138. The molecule has 148 valence electrons. The van der Waals surface area contributed by atoms with Crippen LogP contribution in [0.3, 0.4) is 0 Å². The number of likely N-dealkylation sites (tertiary alicyclic amines) is 1. The largest absolute Gasteiger partial charge is 0.493 e. The van der Waals surface area contributed by atoms with Gasteiger partial charge in [0.15, 0.2) is 23.4 Å². The number of piperidine rings is 1. The number of allylic oxidation sites excluding steroid dienone is 1. The fraction of sp³-hybridized carbons (Fsp3) is 0.625. The van der Waals surface area contributed by atoms with E-state index in [4.69, 9.17) is 9.47 Å². The molecule has 6 rings (SSSR count). The number of ketones is 1. The fourth-order valence-corrected chi connectivity index (χ4v) is 6.87. The summed E-state index contributed by atoms with van der Waals surface area (Å²) in [5.41, 5.74) is 4.80. The van der Waals surface area contributed by atoms with Crippen molar-refractivity contribution in [2.75, 3.05) is 20.2 Å². The number of Topliss-reactive ketones (excluding diaryl/α,β-unsaturated/α-hetero) is 1. The second-order valence-electron chi connectivity index (χ2n) is 9.70. The molecule has 2 saturated carbocycles. The second-order valence-corrected chi connectivity index (χ2v) is 9.70. The van der Waals surface area contributed by atoms with Crippen molar-refractivity contribution in [2.45, 2.75) is 63.0 Å². The van der Waals surface area contributed by atoms with Gasteiger partial charge in [-0.25, -0.2) is 0 Å². The van der Waals surface area contributed by atoms with E-state index in [1.165, 1.54) is 36.1 Å². The molecule has 5 aliphatic rings. The highest BCUT2D eigenvalue weighted by atomic mass is 16.5. The van der Waals surface area contributed by atoms with E-state index in [0.717, 1.165) is 48.8 Å². The van der Waals surface area contributed by atoms with Gasteiger partial charge in [0.2, 0.25) is 0 Å². The highest BCUT2D eigenvalue weighted by Gasteiger charge is 2.66. The molecule has 0 unspecified atom stereocenters. The summed E-state index contributed by atoms with van der Waals surface area (Å²) in [5, 5.41) is 0. The first-order chi connectivity index (χ1) is 13.5. The third-order valence-electron chi connectivity index (χ3n) is 8.21. The summed E-state index contributed by atoms with van der Waals surface area (Å²) in [6.45, 7) is 8.67. The molecular weight excluding hydrogens is 350 g/mol. The molecule has 4 atom stereocenters. The number of ether oxygens (including phenoxy) is 2. The van der Waals surface area contributed by atoms with Crippen molar-refractivity contribution in [1.29, 1.82) is 0 Å². The van der Waals surface area contributed by atoms with Gasteiger partial charge < -0.3 is 9.47 Å². The first kappa shape index (κ1) is 17.1. The summed E-state index contributed by atoms with van der Waals surface area (Å²) in [5.74, 6) is 3.31. The number of hydrogen-bond donors (Lipinski definition) is 0. The van der Waals surface area contributed by atoms with E-state index in [1.807, 2.05) is 0 Å². The maximum Gasteiger partial charge on any atom is 0.174 e. The third kappa shape index (κ3) is 2.02. The van der Waals surface area contributed by atoms with Crippen LogP contribution in [0.1, 0.15) is 55.7 Å². The Morgan fingerprint density at radius 2 is 2.21 bits per heavy atom. The third-order valence-corrected chi connectivity index (χ3v) is 8.21. The molecule has 0 radical (unpaired) electrons. The molecule has 1 aromatic carbocycles. The van der Waals surface area contributed by atoms with Crippen molar-refractivity contribution in [3.05, 3.63) is 29.3 Å². The van der Waals surface area contributed by atoms with Crippen LogP contribution in [-0.4, -0.2) is 43.0 Å². The van der Waals surface area contributed by atoms with Crippen LogP contribution in [0.4, 0.5) is 0 Å². The lowest BCUT2D eigenvalue weighted by atomic mass is 9.51. The van der Waals surface area contributed by atoms with Crippen molar-refractivity contribution < 1.29 is 14.3 Å². The number of methoxy groups -OCH3 is 1. The van der Waals surface area contributed by atoms with Crippen LogP contribution in [0.25, 0.3) is 5.57 Å². The Kier molecular flexibility index (Phi) is 3.43. The zero-order valence-corrected chi connectivity index (χ0v) is 16.9. The van der Waals surface area contributed by atoms with Crippen molar-refractivity contribution in [2.24, 2.45) is 11.8 Å². The number of benzene rings is 1. The van der Waals surface area contributed by atoms with Crippen LogP contribution < -0.4 is 9.47 Å². The molecule has 4 nitrogen and oxygen atoms in total. The monoisotopic (exact) mass is 379 g/mol. The van der Waals surface area contributed by atoms with Crippen molar-refractivity contribution in [3.8, 4) is 11.5 Å². The van der Waals surface area contributed by atoms with Gasteiger partial charge in [-0.15, -0.1) is 0 Å². The number of nitrogens with zero attached hydrogens (tertiary/aromatic N) is 1. The number of carbonyl (C=O) groups is 1. The van der Waals surface area contributed by atoms with Crippen molar-refractivity contribution >= 4 is 11.4 Å². The zero-order chi connectivity index (χ0) is 19.2. The normalized spacial score (nSPS) is 35.4. The summed E-state index contributed by atoms with van der Waals surface area (Å²) in [4.78, 5) is 15.8. The maximum atomic E-state index is 13.0. The lowest BCUT2D eigenvalue weighted by Crippen LogP contribution is -2.66. The first-order valence-corrected chi connectivity index (χ1v) is 10.9. The van der Waals surface area contributed by atoms with Gasteiger partial charge in [0.25, 0.3) is 0 Å². The Labute approximate surface area is 166 Å². The molecule has 1 saturated heterocycles. The molecule has 1 aromatic rings. The van der Waals surface area contributed by atoms with Gasteiger partial charge in [-0.3, -0.25) is 9.69 Å². The van der Waals surface area contributed by atoms with Crippen LogP contribution >= 0.6 is 0 Å². The van der Waals surface area contributed by atoms with Crippen molar-refractivity contribution in [3.63, 3.8) is 0 Å². The standard InChI is InChI=1S/C24H29NO3/c1-13(2)15-11-20(27-3)22-21-16(15)10-18-17-6-7-19(26)23(28-22)24(17,21)8-9-25(18)12-14-4-5-14/h11,14,17-18,23H,1,4-10,12H2,2-3H3/t17-,18+,23-,24-/m1/s1. The Balaban J connectivity index is 1.58. The second kappa shape index (κ2) is 5.63. The minimum Gasteiger partial charge on any atom is -0.493 e. The van der Waals surface area contributed by atoms with Gasteiger partial charge in [0.05, 0.1) is 7.11 Å². The number of rotatable bonds is 4. The summed E-state index contributed by atoms with van der Waals surface area (Å²) >= 11 is 0. The quantitative estimate of drug-likeness (QED) is 0.799. The van der Waals surface area contributed by atoms with Crippen LogP contribution in [0.2, 0.25) is 0 Å². The lowest BCUT2D eigenvalue weighted by Gasteiger charge is -2.58. The van der Waals surface area contributed by atoms with Gasteiger partial charge in [0, 0.05) is 30.0 Å². The van der Waals surface area contributed by atoms with E-state index in [2.05, 4.69) is 24.5 Å². The highest BCUT2D eigenvalue weighted by Crippen LogP contribution is 2.64. The number of carbonyl (C=O) groups excluding carboxylic acids is 1. The van der Waals surface area contributed by atoms with Gasteiger partial charge in [-0.2, -0.15) is 0 Å². The Morgan fingerprint density at radius 3 is 2.93 bits per heavy atom. The average Bonchev–Trinajstić information content (AvgIpc) is 3.42. The van der Waals surface area contributed by atoms with Crippen molar-refractivity contribution in [1.82, 2.24) is 4.90 Å². The highest BCUT2D eigenvalue weighted by molar-refractivity contribution is 5.90. The van der Waals surface area contributed by atoms with Crippen LogP contribution in [0.5, 0.6) is 11.5 Å². The number of hydrogen-bond acceptors (Lipinski definition) is 4. The van der Waals surface area contributed by atoms with E-state index in [0.29, 0.717) is 18.4 Å². The molecule has 0 N–H and O–H groups in total. The topological polar surface area (TPSA) is 38.8 Å². The Morgan fingerprint density at radius 1 is 1.39 bits per heavy atom. The van der Waals surface area contributed by atoms with E-state index in [9.17, 15) is 4.79 Å². The predicted octanol–water partition coefficient (Wildman–Crippen LogP) is 3.75. The molecular formula is C24H29NO3. The van der Waals surface area contributed by atoms with E-state index in [1.54, 1.807) is 7.11 Å². The average molecular weight is 380 g/mol. The van der Waals surface area contributed by atoms with Gasteiger partial charge >= 0.3 is 0 Å². The van der Waals surface area contributed by atoms with Gasteiger partial charge in [0.1, 0.15) is 0 Å². The molecule has 3 fully saturated rings. The molecule has 2 heterocycles.